The van der Waals surface area contributed by atoms with E-state index >= 15 is 0 Å². The molecule has 0 radical (unpaired) electrons. The van der Waals surface area contributed by atoms with Gasteiger partial charge < -0.3 is 9.72 Å². The lowest BCUT2D eigenvalue weighted by Gasteiger charge is -2.35. The minimum Gasteiger partial charge on any atom is -0.383 e. The molecule has 6 nitrogen and oxygen atoms in total. The van der Waals surface area contributed by atoms with Crippen molar-refractivity contribution in [2.75, 3.05) is 26.8 Å². The van der Waals surface area contributed by atoms with E-state index < -0.39 is 0 Å². The molecule has 7 heteroatoms. The zero-order valence-electron chi connectivity index (χ0n) is 17.8. The first kappa shape index (κ1) is 20.0. The first-order valence-electron chi connectivity index (χ1n) is 11.0. The summed E-state index contributed by atoms with van der Waals surface area (Å²) in [5.74, 6) is 1.32. The molecule has 30 heavy (non-hydrogen) atoms. The number of piperidine rings is 1. The van der Waals surface area contributed by atoms with Gasteiger partial charge in [-0.3, -0.25) is 9.58 Å². The number of rotatable bonds is 7. The third kappa shape index (κ3) is 4.01. The van der Waals surface area contributed by atoms with Crippen LogP contribution in [0.1, 0.15) is 44.2 Å². The molecule has 1 saturated heterocycles. The summed E-state index contributed by atoms with van der Waals surface area (Å²) in [6.45, 7) is 6.23. The van der Waals surface area contributed by atoms with Crippen molar-refractivity contribution in [3.8, 4) is 11.1 Å². The van der Waals surface area contributed by atoms with Gasteiger partial charge in [-0.2, -0.15) is 5.10 Å². The van der Waals surface area contributed by atoms with Crippen molar-refractivity contribution >= 4 is 22.6 Å². The van der Waals surface area contributed by atoms with E-state index in [2.05, 4.69) is 43.8 Å². The van der Waals surface area contributed by atoms with Gasteiger partial charge in [-0.1, -0.05) is 11.6 Å². The minimum atomic E-state index is 0.470. The van der Waals surface area contributed by atoms with E-state index in [0.29, 0.717) is 17.0 Å². The number of aromatic amines is 1. The number of halogens is 1. The number of hydrogen-bond donors (Lipinski definition) is 1. The molecule has 1 aliphatic heterocycles. The number of aromatic nitrogens is 4. The highest BCUT2D eigenvalue weighted by Gasteiger charge is 2.26. The number of likely N-dealkylation sites (tertiary alicyclic amines) is 1. The molecule has 4 heterocycles. The van der Waals surface area contributed by atoms with Gasteiger partial charge in [0.2, 0.25) is 0 Å². The highest BCUT2D eigenvalue weighted by atomic mass is 35.5. The number of pyridine rings is 1. The van der Waals surface area contributed by atoms with E-state index in [1.54, 1.807) is 13.3 Å². The Morgan fingerprint density at radius 1 is 1.23 bits per heavy atom. The lowest BCUT2D eigenvalue weighted by atomic mass is 9.92. The normalized spacial score (nSPS) is 19.6. The summed E-state index contributed by atoms with van der Waals surface area (Å²) in [6, 6.07) is 2.73. The second-order valence-electron chi connectivity index (χ2n) is 8.98. The molecule has 0 bridgehead atoms. The van der Waals surface area contributed by atoms with Gasteiger partial charge in [-0.15, -0.1) is 0 Å². The predicted molar refractivity (Wildman–Crippen MR) is 120 cm³/mol. The number of methoxy groups -OCH3 is 1. The van der Waals surface area contributed by atoms with Crippen molar-refractivity contribution < 1.29 is 4.74 Å². The zero-order valence-corrected chi connectivity index (χ0v) is 18.5. The van der Waals surface area contributed by atoms with Crippen molar-refractivity contribution in [2.45, 2.75) is 51.1 Å². The Labute approximate surface area is 182 Å². The predicted octanol–water partition coefficient (Wildman–Crippen LogP) is 4.70. The Morgan fingerprint density at radius 2 is 2.03 bits per heavy atom. The number of nitrogens with zero attached hydrogens (tertiary/aromatic N) is 4. The smallest absolute Gasteiger partial charge is 0.138 e. The number of fused-ring (bicyclic) bond motifs is 1. The second-order valence-corrected chi connectivity index (χ2v) is 9.38. The zero-order chi connectivity index (χ0) is 20.7. The van der Waals surface area contributed by atoms with Crippen LogP contribution in [0.25, 0.3) is 22.2 Å². The first-order valence-corrected chi connectivity index (χ1v) is 11.4. The van der Waals surface area contributed by atoms with Gasteiger partial charge in [0.1, 0.15) is 5.65 Å². The maximum Gasteiger partial charge on any atom is 0.138 e. The molecule has 1 saturated carbocycles. The van der Waals surface area contributed by atoms with E-state index in [4.69, 9.17) is 16.3 Å². The molecular weight excluding hydrogens is 398 g/mol. The van der Waals surface area contributed by atoms with Crippen molar-refractivity contribution in [1.82, 2.24) is 24.6 Å². The monoisotopic (exact) mass is 427 g/mol. The molecule has 0 amide bonds. The van der Waals surface area contributed by atoms with Crippen LogP contribution in [0.2, 0.25) is 5.02 Å². The Kier molecular flexibility index (Phi) is 5.56. The Morgan fingerprint density at radius 3 is 2.77 bits per heavy atom. The topological polar surface area (TPSA) is 59.0 Å². The highest BCUT2D eigenvalue weighted by Crippen LogP contribution is 2.38. The maximum atomic E-state index is 6.61. The molecule has 1 N–H and O–H groups in total. The van der Waals surface area contributed by atoms with Gasteiger partial charge in [-0.25, -0.2) is 4.98 Å². The van der Waals surface area contributed by atoms with Gasteiger partial charge in [0.15, 0.2) is 0 Å². The SMILES string of the molecule is COCC(C)N1CCC(c2cc3c(-c4cnn(CC5CC5)c4)c(Cl)cnc3[nH]2)CC1. The number of hydrogen-bond acceptors (Lipinski definition) is 4. The molecule has 0 aromatic carbocycles. The Hall–Kier alpha value is -1.89. The summed E-state index contributed by atoms with van der Waals surface area (Å²) in [7, 11) is 1.78. The van der Waals surface area contributed by atoms with E-state index in [1.165, 1.54) is 18.5 Å². The second kappa shape index (κ2) is 8.33. The van der Waals surface area contributed by atoms with Crippen LogP contribution in [0.3, 0.4) is 0 Å². The summed E-state index contributed by atoms with van der Waals surface area (Å²) >= 11 is 6.61. The molecule has 5 rings (SSSR count). The van der Waals surface area contributed by atoms with Crippen molar-refractivity contribution in [3.63, 3.8) is 0 Å². The Bertz CT molecular complexity index is 1020. The fourth-order valence-electron chi connectivity index (χ4n) is 4.74. The third-order valence-electron chi connectivity index (χ3n) is 6.70. The van der Waals surface area contributed by atoms with Crippen LogP contribution in [-0.2, 0) is 11.3 Å². The quantitative estimate of drug-likeness (QED) is 0.593. The standard InChI is InChI=1S/C23H30ClN5O/c1-15(14-30-2)28-7-5-17(6-8-28)21-9-19-22(20(24)11-25-23(19)27-21)18-10-26-29(13-18)12-16-3-4-16/h9-11,13,15-17H,3-8,12,14H2,1-2H3,(H,25,27). The van der Waals surface area contributed by atoms with E-state index in [-0.39, 0.29) is 0 Å². The average molecular weight is 428 g/mol. The van der Waals surface area contributed by atoms with Gasteiger partial charge in [0.25, 0.3) is 0 Å². The summed E-state index contributed by atoms with van der Waals surface area (Å²) < 4.78 is 7.38. The van der Waals surface area contributed by atoms with Gasteiger partial charge in [-0.05, 0) is 57.7 Å². The molecule has 0 spiro atoms. The van der Waals surface area contributed by atoms with Crippen molar-refractivity contribution in [1.29, 1.82) is 0 Å². The number of ether oxygens (including phenoxy) is 1. The molecular formula is C23H30ClN5O. The van der Waals surface area contributed by atoms with Crippen LogP contribution >= 0.6 is 11.6 Å². The van der Waals surface area contributed by atoms with Crippen molar-refractivity contribution in [2.24, 2.45) is 5.92 Å². The minimum absolute atomic E-state index is 0.470. The van der Waals surface area contributed by atoms with Gasteiger partial charge >= 0.3 is 0 Å². The highest BCUT2D eigenvalue weighted by molar-refractivity contribution is 6.34. The maximum absolute atomic E-state index is 6.61. The molecule has 160 valence electrons. The fourth-order valence-corrected chi connectivity index (χ4v) is 5.00. The van der Waals surface area contributed by atoms with Crippen molar-refractivity contribution in [3.05, 3.63) is 35.4 Å². The lowest BCUT2D eigenvalue weighted by Crippen LogP contribution is -2.41. The molecule has 2 aliphatic rings. The van der Waals surface area contributed by atoms with Gasteiger partial charge in [0.05, 0.1) is 17.8 Å². The first-order chi connectivity index (χ1) is 14.6. The van der Waals surface area contributed by atoms with Gasteiger partial charge in [0, 0.05) is 60.2 Å². The van der Waals surface area contributed by atoms with E-state index in [9.17, 15) is 0 Å². The number of nitrogens with one attached hydrogen (secondary N) is 1. The molecule has 3 aromatic rings. The van der Waals surface area contributed by atoms with Crippen LogP contribution in [-0.4, -0.2) is 57.5 Å². The Balaban J connectivity index is 1.38. The largest absolute Gasteiger partial charge is 0.383 e. The van der Waals surface area contributed by atoms with Crippen LogP contribution < -0.4 is 0 Å². The van der Waals surface area contributed by atoms with E-state index in [0.717, 1.165) is 67.2 Å². The van der Waals surface area contributed by atoms with Crippen LogP contribution in [0.4, 0.5) is 0 Å². The van der Waals surface area contributed by atoms with Crippen LogP contribution in [0.5, 0.6) is 0 Å². The third-order valence-corrected chi connectivity index (χ3v) is 6.98. The van der Waals surface area contributed by atoms with Crippen LogP contribution in [0.15, 0.2) is 24.7 Å². The summed E-state index contributed by atoms with van der Waals surface area (Å²) in [4.78, 5) is 10.7. The fraction of sp³-hybridized carbons (Fsp3) is 0.565. The summed E-state index contributed by atoms with van der Waals surface area (Å²) in [5, 5.41) is 6.35. The van der Waals surface area contributed by atoms with Crippen LogP contribution in [0, 0.1) is 5.92 Å². The molecule has 3 aromatic heterocycles. The molecule has 1 atom stereocenters. The summed E-state index contributed by atoms with van der Waals surface area (Å²) in [5.41, 5.74) is 4.29. The lowest BCUT2D eigenvalue weighted by molar-refractivity contribution is 0.0816. The number of H-pyrrole nitrogens is 1. The average Bonchev–Trinajstić information content (AvgIpc) is 3.27. The molecule has 1 unspecified atom stereocenters. The van der Waals surface area contributed by atoms with E-state index in [1.807, 2.05) is 6.20 Å². The molecule has 2 fully saturated rings. The molecule has 1 aliphatic carbocycles. The summed E-state index contributed by atoms with van der Waals surface area (Å²) in [6.07, 6.45) is 10.7.